The monoisotopic (exact) mass is 287 g/mol. The molecule has 2 aromatic rings. The van der Waals surface area contributed by atoms with Gasteiger partial charge in [-0.15, -0.1) is 0 Å². The number of aromatic nitrogens is 2. The molecule has 0 aliphatic carbocycles. The summed E-state index contributed by atoms with van der Waals surface area (Å²) in [5, 5.41) is 3.28. The van der Waals surface area contributed by atoms with E-state index < -0.39 is 0 Å². The van der Waals surface area contributed by atoms with Crippen molar-refractivity contribution < 1.29 is 9.47 Å². The van der Waals surface area contributed by atoms with E-state index in [9.17, 15) is 0 Å². The summed E-state index contributed by atoms with van der Waals surface area (Å²) in [7, 11) is 3.29. The third kappa shape index (κ3) is 3.07. The first-order valence-corrected chi connectivity index (χ1v) is 7.05. The largest absolute Gasteiger partial charge is 0.497 e. The van der Waals surface area contributed by atoms with E-state index in [1.165, 1.54) is 0 Å². The fourth-order valence-corrected chi connectivity index (χ4v) is 2.29. The van der Waals surface area contributed by atoms with Gasteiger partial charge in [0.15, 0.2) is 0 Å². The van der Waals surface area contributed by atoms with Crippen LogP contribution in [-0.4, -0.2) is 30.7 Å². The first-order chi connectivity index (χ1) is 10.2. The van der Waals surface area contributed by atoms with Crippen molar-refractivity contribution in [3.8, 4) is 22.8 Å². The number of hydrogen-bond donors (Lipinski definition) is 1. The Kier molecular flexibility index (Phi) is 4.98. The van der Waals surface area contributed by atoms with Crippen LogP contribution in [0.1, 0.15) is 19.4 Å². The summed E-state index contributed by atoms with van der Waals surface area (Å²) < 4.78 is 10.7. The predicted molar refractivity (Wildman–Crippen MR) is 84.1 cm³/mol. The third-order valence-electron chi connectivity index (χ3n) is 3.31. The standard InChI is InChI=1S/C16H21N3O2/c1-5-12-15(18-10-19-16(12)17-6-2)13-8-7-11(20-3)9-14(13)21-4/h7-10H,5-6H2,1-4H3,(H,17,18,19). The Labute approximate surface area is 125 Å². The molecule has 1 aromatic heterocycles. The number of nitrogens with one attached hydrogen (secondary N) is 1. The average Bonchev–Trinajstić information content (AvgIpc) is 2.54. The van der Waals surface area contributed by atoms with Crippen molar-refractivity contribution >= 4 is 5.82 Å². The van der Waals surface area contributed by atoms with E-state index in [0.717, 1.165) is 47.1 Å². The van der Waals surface area contributed by atoms with Crippen molar-refractivity contribution in [2.24, 2.45) is 0 Å². The van der Waals surface area contributed by atoms with Crippen molar-refractivity contribution in [1.29, 1.82) is 0 Å². The highest BCUT2D eigenvalue weighted by molar-refractivity contribution is 5.74. The zero-order chi connectivity index (χ0) is 15.2. The van der Waals surface area contributed by atoms with Crippen molar-refractivity contribution in [3.63, 3.8) is 0 Å². The van der Waals surface area contributed by atoms with Gasteiger partial charge in [0, 0.05) is 23.7 Å². The van der Waals surface area contributed by atoms with Crippen LogP contribution in [-0.2, 0) is 6.42 Å². The second-order valence-electron chi connectivity index (χ2n) is 4.50. The van der Waals surface area contributed by atoms with E-state index in [0.29, 0.717) is 0 Å². The fraction of sp³-hybridized carbons (Fsp3) is 0.375. The summed E-state index contributed by atoms with van der Waals surface area (Å²) in [4.78, 5) is 8.78. The molecule has 1 aromatic carbocycles. The minimum atomic E-state index is 0.741. The van der Waals surface area contributed by atoms with Gasteiger partial charge >= 0.3 is 0 Å². The Hall–Kier alpha value is -2.30. The van der Waals surface area contributed by atoms with Gasteiger partial charge < -0.3 is 14.8 Å². The van der Waals surface area contributed by atoms with Gasteiger partial charge in [-0.1, -0.05) is 6.92 Å². The van der Waals surface area contributed by atoms with E-state index in [1.54, 1.807) is 20.5 Å². The Morgan fingerprint density at radius 3 is 2.52 bits per heavy atom. The van der Waals surface area contributed by atoms with Gasteiger partial charge in [-0.3, -0.25) is 0 Å². The van der Waals surface area contributed by atoms with E-state index in [-0.39, 0.29) is 0 Å². The summed E-state index contributed by atoms with van der Waals surface area (Å²) in [6.45, 7) is 4.97. The van der Waals surface area contributed by atoms with Crippen LogP contribution < -0.4 is 14.8 Å². The lowest BCUT2D eigenvalue weighted by atomic mass is 10.0. The van der Waals surface area contributed by atoms with Crippen molar-refractivity contribution in [2.45, 2.75) is 20.3 Å². The minimum absolute atomic E-state index is 0.741. The topological polar surface area (TPSA) is 56.3 Å². The lowest BCUT2D eigenvalue weighted by Crippen LogP contribution is -2.06. The number of anilines is 1. The van der Waals surface area contributed by atoms with Gasteiger partial charge in [-0.25, -0.2) is 9.97 Å². The first-order valence-electron chi connectivity index (χ1n) is 7.05. The maximum Gasteiger partial charge on any atom is 0.133 e. The van der Waals surface area contributed by atoms with Gasteiger partial charge in [0.1, 0.15) is 23.6 Å². The number of hydrogen-bond acceptors (Lipinski definition) is 5. The molecule has 0 radical (unpaired) electrons. The Morgan fingerprint density at radius 2 is 1.90 bits per heavy atom. The van der Waals surface area contributed by atoms with E-state index in [1.807, 2.05) is 18.2 Å². The smallest absolute Gasteiger partial charge is 0.133 e. The maximum absolute atomic E-state index is 5.48. The molecule has 1 heterocycles. The molecule has 0 aliphatic rings. The summed E-state index contributed by atoms with van der Waals surface area (Å²) in [6.07, 6.45) is 2.42. The van der Waals surface area contributed by atoms with Gasteiger partial charge in [0.2, 0.25) is 0 Å². The normalized spacial score (nSPS) is 10.3. The van der Waals surface area contributed by atoms with Crippen molar-refractivity contribution in [2.75, 3.05) is 26.1 Å². The molecule has 0 unspecified atom stereocenters. The SMILES string of the molecule is CCNc1ncnc(-c2ccc(OC)cc2OC)c1CC. The van der Waals surface area contributed by atoms with E-state index in [2.05, 4.69) is 29.1 Å². The molecular weight excluding hydrogens is 266 g/mol. The number of nitrogens with zero attached hydrogens (tertiary/aromatic N) is 2. The van der Waals surface area contributed by atoms with Crippen LogP contribution in [0.5, 0.6) is 11.5 Å². The van der Waals surface area contributed by atoms with Gasteiger partial charge in [-0.2, -0.15) is 0 Å². The van der Waals surface area contributed by atoms with Crippen LogP contribution in [0, 0.1) is 0 Å². The summed E-state index contributed by atoms with van der Waals surface area (Å²) in [6, 6.07) is 5.74. The highest BCUT2D eigenvalue weighted by Crippen LogP contribution is 2.35. The summed E-state index contributed by atoms with van der Waals surface area (Å²) in [5.41, 5.74) is 2.92. The van der Waals surface area contributed by atoms with E-state index >= 15 is 0 Å². The van der Waals surface area contributed by atoms with Crippen LogP contribution >= 0.6 is 0 Å². The van der Waals surface area contributed by atoms with Gasteiger partial charge in [0.05, 0.1) is 19.9 Å². The fourth-order valence-electron chi connectivity index (χ4n) is 2.29. The van der Waals surface area contributed by atoms with Crippen LogP contribution in [0.4, 0.5) is 5.82 Å². The van der Waals surface area contributed by atoms with Gasteiger partial charge in [-0.05, 0) is 25.5 Å². The second kappa shape index (κ2) is 6.92. The lowest BCUT2D eigenvalue weighted by molar-refractivity contribution is 0.395. The Morgan fingerprint density at radius 1 is 1.10 bits per heavy atom. The molecule has 0 saturated heterocycles. The van der Waals surface area contributed by atoms with Crippen LogP contribution in [0.3, 0.4) is 0 Å². The number of benzene rings is 1. The van der Waals surface area contributed by atoms with Gasteiger partial charge in [0.25, 0.3) is 0 Å². The third-order valence-corrected chi connectivity index (χ3v) is 3.31. The lowest BCUT2D eigenvalue weighted by Gasteiger charge is -2.15. The highest BCUT2D eigenvalue weighted by atomic mass is 16.5. The molecule has 0 aliphatic heterocycles. The molecule has 0 atom stereocenters. The number of methoxy groups -OCH3 is 2. The molecule has 0 spiro atoms. The predicted octanol–water partition coefficient (Wildman–Crippen LogP) is 3.16. The Balaban J connectivity index is 2.58. The second-order valence-corrected chi connectivity index (χ2v) is 4.50. The molecule has 112 valence electrons. The molecule has 0 amide bonds. The molecule has 0 bridgehead atoms. The average molecular weight is 287 g/mol. The summed E-state index contributed by atoms with van der Waals surface area (Å²) >= 11 is 0. The first kappa shape index (κ1) is 15.1. The zero-order valence-electron chi connectivity index (χ0n) is 12.9. The molecule has 21 heavy (non-hydrogen) atoms. The minimum Gasteiger partial charge on any atom is -0.497 e. The molecule has 2 rings (SSSR count). The summed E-state index contributed by atoms with van der Waals surface area (Å²) in [5.74, 6) is 2.38. The van der Waals surface area contributed by atoms with Crippen LogP contribution in [0.25, 0.3) is 11.3 Å². The molecule has 1 N–H and O–H groups in total. The maximum atomic E-state index is 5.48. The van der Waals surface area contributed by atoms with Crippen molar-refractivity contribution in [3.05, 3.63) is 30.1 Å². The molecule has 5 nitrogen and oxygen atoms in total. The van der Waals surface area contributed by atoms with E-state index in [4.69, 9.17) is 9.47 Å². The molecular formula is C16H21N3O2. The number of ether oxygens (including phenoxy) is 2. The quantitative estimate of drug-likeness (QED) is 0.884. The van der Waals surface area contributed by atoms with Crippen molar-refractivity contribution in [1.82, 2.24) is 9.97 Å². The Bertz CT molecular complexity index is 614. The zero-order valence-corrected chi connectivity index (χ0v) is 12.9. The van der Waals surface area contributed by atoms with Crippen LogP contribution in [0.2, 0.25) is 0 Å². The molecule has 5 heteroatoms. The molecule has 0 saturated carbocycles. The highest BCUT2D eigenvalue weighted by Gasteiger charge is 2.15. The molecule has 0 fully saturated rings. The van der Waals surface area contributed by atoms with Crippen LogP contribution in [0.15, 0.2) is 24.5 Å². The number of rotatable bonds is 6.